The summed E-state index contributed by atoms with van der Waals surface area (Å²) in [7, 11) is 0. The molecule has 0 saturated heterocycles. The summed E-state index contributed by atoms with van der Waals surface area (Å²) in [5.41, 5.74) is 0. The number of aliphatic hydroxyl groups is 1. The molecule has 1 saturated carbocycles. The van der Waals surface area contributed by atoms with E-state index >= 15 is 0 Å². The predicted octanol–water partition coefficient (Wildman–Crippen LogP) is 3.82. The maximum Gasteiger partial charge on any atom is 0.229 e. The predicted molar refractivity (Wildman–Crippen MR) is 95.2 cm³/mol. The van der Waals surface area contributed by atoms with Gasteiger partial charge in [0.2, 0.25) is 5.89 Å². The van der Waals surface area contributed by atoms with Crippen molar-refractivity contribution in [1.82, 2.24) is 15.5 Å². The molecule has 24 heavy (non-hydrogen) atoms. The third kappa shape index (κ3) is 4.43. The lowest BCUT2D eigenvalue weighted by molar-refractivity contribution is 0.151. The average Bonchev–Trinajstić information content (AvgIpc) is 3.27. The Morgan fingerprint density at radius 1 is 1.38 bits per heavy atom. The SMILES string of the molecule is CCc1noc(C2CCC(NC(C)CC(O)c3cccs3)CC2)n1. The fourth-order valence-corrected chi connectivity index (χ4v) is 4.21. The number of aromatic nitrogens is 2. The fourth-order valence-electron chi connectivity index (χ4n) is 3.49. The highest BCUT2D eigenvalue weighted by atomic mass is 32.1. The molecule has 2 atom stereocenters. The Bertz CT molecular complexity index is 606. The maximum atomic E-state index is 10.3. The van der Waals surface area contributed by atoms with Gasteiger partial charge < -0.3 is 14.9 Å². The second kappa shape index (κ2) is 8.23. The molecule has 3 rings (SSSR count). The van der Waals surface area contributed by atoms with Gasteiger partial charge in [0.05, 0.1) is 6.10 Å². The first-order valence-corrected chi connectivity index (χ1v) is 9.83. The zero-order chi connectivity index (χ0) is 16.9. The number of nitrogens with one attached hydrogen (secondary N) is 1. The lowest BCUT2D eigenvalue weighted by atomic mass is 9.85. The van der Waals surface area contributed by atoms with Crippen LogP contribution >= 0.6 is 11.3 Å². The standard InChI is InChI=1S/C18H27N3O2S/c1-3-17-20-18(23-21-17)13-6-8-14(9-7-13)19-12(2)11-15(22)16-5-4-10-24-16/h4-5,10,12-15,19,22H,3,6-9,11H2,1-2H3. The van der Waals surface area contributed by atoms with Crippen LogP contribution in [0.2, 0.25) is 0 Å². The van der Waals surface area contributed by atoms with Crippen molar-refractivity contribution in [3.63, 3.8) is 0 Å². The summed E-state index contributed by atoms with van der Waals surface area (Å²) in [6.07, 6.45) is 5.62. The molecule has 2 aromatic rings. The van der Waals surface area contributed by atoms with E-state index in [1.165, 1.54) is 0 Å². The molecule has 2 aromatic heterocycles. The molecule has 1 aliphatic carbocycles. The van der Waals surface area contributed by atoms with Crippen LogP contribution in [0.4, 0.5) is 0 Å². The van der Waals surface area contributed by atoms with E-state index in [9.17, 15) is 5.11 Å². The number of thiophene rings is 1. The van der Waals surface area contributed by atoms with Crippen molar-refractivity contribution in [1.29, 1.82) is 0 Å². The third-order valence-electron chi connectivity index (χ3n) is 4.85. The van der Waals surface area contributed by atoms with Crippen LogP contribution in [-0.2, 0) is 6.42 Å². The van der Waals surface area contributed by atoms with Gasteiger partial charge in [-0.1, -0.05) is 18.1 Å². The van der Waals surface area contributed by atoms with Gasteiger partial charge in [-0.15, -0.1) is 11.3 Å². The zero-order valence-electron chi connectivity index (χ0n) is 14.4. The van der Waals surface area contributed by atoms with Crippen molar-refractivity contribution in [2.24, 2.45) is 0 Å². The summed E-state index contributed by atoms with van der Waals surface area (Å²) in [5, 5.41) is 20.0. The minimum absolute atomic E-state index is 0.304. The number of hydrogen-bond acceptors (Lipinski definition) is 6. The summed E-state index contributed by atoms with van der Waals surface area (Å²) in [6, 6.07) is 4.81. The molecule has 132 valence electrons. The highest BCUT2D eigenvalue weighted by molar-refractivity contribution is 7.10. The van der Waals surface area contributed by atoms with Gasteiger partial charge in [0, 0.05) is 29.3 Å². The van der Waals surface area contributed by atoms with Crippen molar-refractivity contribution in [3.05, 3.63) is 34.1 Å². The highest BCUT2D eigenvalue weighted by Gasteiger charge is 2.27. The lowest BCUT2D eigenvalue weighted by Crippen LogP contribution is -2.39. The molecule has 0 aromatic carbocycles. The minimum atomic E-state index is -0.366. The van der Waals surface area contributed by atoms with Gasteiger partial charge in [-0.3, -0.25) is 0 Å². The second-order valence-electron chi connectivity index (χ2n) is 6.79. The van der Waals surface area contributed by atoms with Gasteiger partial charge in [-0.05, 0) is 50.5 Å². The van der Waals surface area contributed by atoms with Crippen LogP contribution in [0.3, 0.4) is 0 Å². The van der Waals surface area contributed by atoms with Gasteiger partial charge in [0.15, 0.2) is 5.82 Å². The maximum absolute atomic E-state index is 10.3. The fraction of sp³-hybridized carbons (Fsp3) is 0.667. The van der Waals surface area contributed by atoms with E-state index < -0.39 is 0 Å². The molecule has 2 heterocycles. The van der Waals surface area contributed by atoms with E-state index in [0.717, 1.165) is 55.1 Å². The molecule has 1 aliphatic rings. The van der Waals surface area contributed by atoms with Gasteiger partial charge >= 0.3 is 0 Å². The van der Waals surface area contributed by atoms with E-state index in [2.05, 4.69) is 22.4 Å². The Kier molecular flexibility index (Phi) is 6.03. The first-order valence-electron chi connectivity index (χ1n) is 8.95. The Morgan fingerprint density at radius 3 is 2.79 bits per heavy atom. The van der Waals surface area contributed by atoms with Gasteiger partial charge in [0.25, 0.3) is 0 Å². The van der Waals surface area contributed by atoms with E-state index in [1.807, 2.05) is 24.4 Å². The van der Waals surface area contributed by atoms with Crippen LogP contribution < -0.4 is 5.32 Å². The molecule has 1 fully saturated rings. The third-order valence-corrected chi connectivity index (χ3v) is 5.82. The van der Waals surface area contributed by atoms with E-state index in [1.54, 1.807) is 11.3 Å². The Labute approximate surface area is 147 Å². The largest absolute Gasteiger partial charge is 0.388 e. The molecular weight excluding hydrogens is 322 g/mol. The van der Waals surface area contributed by atoms with E-state index in [-0.39, 0.29) is 6.10 Å². The number of aryl methyl sites for hydroxylation is 1. The molecule has 0 aliphatic heterocycles. The van der Waals surface area contributed by atoms with Gasteiger partial charge in [-0.2, -0.15) is 4.98 Å². The molecule has 5 nitrogen and oxygen atoms in total. The van der Waals surface area contributed by atoms with E-state index in [4.69, 9.17) is 4.52 Å². The first-order chi connectivity index (χ1) is 11.7. The lowest BCUT2D eigenvalue weighted by Gasteiger charge is -2.30. The van der Waals surface area contributed by atoms with Crippen molar-refractivity contribution in [2.45, 2.75) is 76.5 Å². The van der Waals surface area contributed by atoms with Crippen LogP contribution in [0, 0.1) is 0 Å². The number of rotatable bonds is 7. The molecule has 6 heteroatoms. The Hall–Kier alpha value is -1.24. The van der Waals surface area contributed by atoms with Crippen LogP contribution in [-0.4, -0.2) is 27.3 Å². The van der Waals surface area contributed by atoms with Crippen molar-refractivity contribution >= 4 is 11.3 Å². The van der Waals surface area contributed by atoms with Crippen molar-refractivity contribution in [3.8, 4) is 0 Å². The minimum Gasteiger partial charge on any atom is -0.388 e. The van der Waals surface area contributed by atoms with Crippen LogP contribution in [0.1, 0.15) is 74.6 Å². The topological polar surface area (TPSA) is 71.2 Å². The van der Waals surface area contributed by atoms with Crippen molar-refractivity contribution in [2.75, 3.05) is 0 Å². The number of hydrogen-bond donors (Lipinski definition) is 2. The monoisotopic (exact) mass is 349 g/mol. The number of aliphatic hydroxyl groups excluding tert-OH is 1. The van der Waals surface area contributed by atoms with E-state index in [0.29, 0.717) is 18.0 Å². The van der Waals surface area contributed by atoms with Crippen molar-refractivity contribution < 1.29 is 9.63 Å². The quantitative estimate of drug-likeness (QED) is 0.795. The second-order valence-corrected chi connectivity index (χ2v) is 7.76. The molecule has 0 radical (unpaired) electrons. The normalized spacial score (nSPS) is 24.0. The Balaban J connectivity index is 1.43. The number of nitrogens with zero attached hydrogens (tertiary/aromatic N) is 2. The molecule has 0 amide bonds. The van der Waals surface area contributed by atoms with Crippen LogP contribution in [0.25, 0.3) is 0 Å². The Morgan fingerprint density at radius 2 is 2.17 bits per heavy atom. The smallest absolute Gasteiger partial charge is 0.229 e. The van der Waals surface area contributed by atoms with Gasteiger partial charge in [0.1, 0.15) is 0 Å². The zero-order valence-corrected chi connectivity index (χ0v) is 15.3. The van der Waals surface area contributed by atoms with Crippen LogP contribution in [0.5, 0.6) is 0 Å². The molecule has 0 bridgehead atoms. The molecule has 0 spiro atoms. The highest BCUT2D eigenvalue weighted by Crippen LogP contribution is 2.32. The molecule has 2 N–H and O–H groups in total. The summed E-state index contributed by atoms with van der Waals surface area (Å²) >= 11 is 1.62. The summed E-state index contributed by atoms with van der Waals surface area (Å²) in [4.78, 5) is 5.53. The summed E-state index contributed by atoms with van der Waals surface area (Å²) < 4.78 is 5.39. The first kappa shape index (κ1) is 17.6. The summed E-state index contributed by atoms with van der Waals surface area (Å²) in [6.45, 7) is 4.20. The summed E-state index contributed by atoms with van der Waals surface area (Å²) in [5.74, 6) is 2.02. The molecular formula is C18H27N3O2S. The van der Waals surface area contributed by atoms with Crippen LogP contribution in [0.15, 0.2) is 22.0 Å². The average molecular weight is 350 g/mol. The van der Waals surface area contributed by atoms with Gasteiger partial charge in [-0.25, -0.2) is 0 Å². The molecule has 2 unspecified atom stereocenters.